The molecule has 1 aromatic heterocycles. The zero-order valence-electron chi connectivity index (χ0n) is 16.1. The Hall–Kier alpha value is -3.08. The van der Waals surface area contributed by atoms with E-state index in [1.165, 1.54) is 19.6 Å². The molecule has 3 rings (SSSR count). The van der Waals surface area contributed by atoms with Crippen molar-refractivity contribution in [2.24, 2.45) is 5.92 Å². The van der Waals surface area contributed by atoms with E-state index in [4.69, 9.17) is 0 Å². The molecular formula is C18H24N6O5. The van der Waals surface area contributed by atoms with Gasteiger partial charge in [0.25, 0.3) is 0 Å². The average Bonchev–Trinajstić information content (AvgIpc) is 3.38. The van der Waals surface area contributed by atoms with E-state index in [9.17, 15) is 24.0 Å². The number of aromatic amines is 1. The number of nitrogens with zero attached hydrogens (tertiary/aromatic N) is 2. The van der Waals surface area contributed by atoms with Crippen LogP contribution in [0.5, 0.6) is 0 Å². The lowest BCUT2D eigenvalue weighted by atomic mass is 9.94. The molecule has 0 radical (unpaired) electrons. The number of H-pyrrole nitrogens is 1. The summed E-state index contributed by atoms with van der Waals surface area (Å²) < 4.78 is 0. The van der Waals surface area contributed by atoms with Gasteiger partial charge in [0.1, 0.15) is 6.04 Å². The molecule has 2 aliphatic heterocycles. The lowest BCUT2D eigenvalue weighted by molar-refractivity contribution is -0.151. The molecule has 2 aliphatic rings. The number of piperidine rings is 1. The van der Waals surface area contributed by atoms with Gasteiger partial charge in [-0.2, -0.15) is 0 Å². The number of amides is 5. The summed E-state index contributed by atoms with van der Waals surface area (Å²) >= 11 is 0. The maximum absolute atomic E-state index is 12.7. The Bertz CT molecular complexity index is 784. The van der Waals surface area contributed by atoms with Crippen molar-refractivity contribution in [2.75, 3.05) is 13.6 Å². The summed E-state index contributed by atoms with van der Waals surface area (Å²) in [6.45, 7) is 0.707. The van der Waals surface area contributed by atoms with Crippen LogP contribution in [0.3, 0.4) is 0 Å². The molecule has 2 atom stereocenters. The molecule has 0 aromatic carbocycles. The number of rotatable bonds is 6. The zero-order valence-corrected chi connectivity index (χ0v) is 16.1. The number of likely N-dealkylation sites (tertiary alicyclic amines) is 1. The first-order valence-electron chi connectivity index (χ1n) is 9.50. The number of imidazole rings is 1. The smallest absolute Gasteiger partial charge is 0.249 e. The van der Waals surface area contributed by atoms with Crippen molar-refractivity contribution in [1.82, 2.24) is 30.8 Å². The fourth-order valence-electron chi connectivity index (χ4n) is 3.41. The lowest BCUT2D eigenvalue weighted by Gasteiger charge is -2.27. The van der Waals surface area contributed by atoms with Gasteiger partial charge in [-0.3, -0.25) is 34.2 Å². The van der Waals surface area contributed by atoms with Gasteiger partial charge in [0.05, 0.1) is 18.3 Å². The molecule has 3 heterocycles. The van der Waals surface area contributed by atoms with E-state index < -0.39 is 47.5 Å². The topological polar surface area (TPSA) is 153 Å². The largest absolute Gasteiger partial charge is 0.348 e. The lowest BCUT2D eigenvalue weighted by Crippen LogP contribution is -2.54. The van der Waals surface area contributed by atoms with Crippen LogP contribution >= 0.6 is 0 Å². The minimum absolute atomic E-state index is 0.0808. The van der Waals surface area contributed by atoms with Gasteiger partial charge in [0, 0.05) is 38.2 Å². The van der Waals surface area contributed by atoms with Gasteiger partial charge in [0.15, 0.2) is 0 Å². The monoisotopic (exact) mass is 404 g/mol. The van der Waals surface area contributed by atoms with Crippen molar-refractivity contribution in [1.29, 1.82) is 0 Å². The third-order valence-corrected chi connectivity index (χ3v) is 5.20. The SMILES string of the molecule is CN1C(=O)CC(C(=O)N[C@@H](Cc2cnc[nH]2)C(=O)NC(=O)[C@@H]2CCCN2)CC1=O. The van der Waals surface area contributed by atoms with E-state index in [0.29, 0.717) is 18.7 Å². The highest BCUT2D eigenvalue weighted by atomic mass is 16.2. The molecule has 0 spiro atoms. The number of imide groups is 2. The van der Waals surface area contributed by atoms with E-state index in [1.807, 2.05) is 0 Å². The number of nitrogens with one attached hydrogen (secondary N) is 4. The predicted octanol–water partition coefficient (Wildman–Crippen LogP) is -1.77. The van der Waals surface area contributed by atoms with E-state index >= 15 is 0 Å². The minimum atomic E-state index is -1.06. The highest BCUT2D eigenvalue weighted by Crippen LogP contribution is 2.19. The molecule has 29 heavy (non-hydrogen) atoms. The zero-order chi connectivity index (χ0) is 21.0. The maximum atomic E-state index is 12.7. The number of hydrogen-bond acceptors (Lipinski definition) is 7. The Morgan fingerprint density at radius 2 is 1.97 bits per heavy atom. The second-order valence-electron chi connectivity index (χ2n) is 7.30. The Balaban J connectivity index is 1.67. The van der Waals surface area contributed by atoms with Crippen LogP contribution in [-0.2, 0) is 30.4 Å². The van der Waals surface area contributed by atoms with Crippen LogP contribution < -0.4 is 16.0 Å². The van der Waals surface area contributed by atoms with Gasteiger partial charge in [-0.25, -0.2) is 4.98 Å². The standard InChI is InChI=1S/C18H24N6O5/c1-24-14(25)5-10(6-15(24)26)16(27)22-13(7-11-8-19-9-21-11)18(29)23-17(28)12-3-2-4-20-12/h8-10,12-13,20H,2-7H2,1H3,(H,19,21)(H,22,27)(H,23,28,29)/t12-,13-/m0/s1. The summed E-state index contributed by atoms with van der Waals surface area (Å²) in [7, 11) is 1.37. The van der Waals surface area contributed by atoms with Gasteiger partial charge < -0.3 is 15.6 Å². The number of aromatic nitrogens is 2. The van der Waals surface area contributed by atoms with E-state index in [1.54, 1.807) is 0 Å². The second-order valence-corrected chi connectivity index (χ2v) is 7.30. The fraction of sp³-hybridized carbons (Fsp3) is 0.556. The van der Waals surface area contributed by atoms with Gasteiger partial charge in [-0.05, 0) is 19.4 Å². The fourth-order valence-corrected chi connectivity index (χ4v) is 3.41. The molecule has 1 aromatic rings. The predicted molar refractivity (Wildman–Crippen MR) is 98.9 cm³/mol. The molecule has 2 saturated heterocycles. The average molecular weight is 404 g/mol. The van der Waals surface area contributed by atoms with Gasteiger partial charge in [-0.15, -0.1) is 0 Å². The molecular weight excluding hydrogens is 380 g/mol. The highest BCUT2D eigenvalue weighted by molar-refractivity contribution is 6.04. The molecule has 11 heteroatoms. The van der Waals surface area contributed by atoms with E-state index in [2.05, 4.69) is 25.9 Å². The molecule has 0 bridgehead atoms. The van der Waals surface area contributed by atoms with Crippen LogP contribution in [-0.4, -0.2) is 70.1 Å². The Morgan fingerprint density at radius 3 is 2.55 bits per heavy atom. The Morgan fingerprint density at radius 1 is 1.24 bits per heavy atom. The van der Waals surface area contributed by atoms with Crippen molar-refractivity contribution in [3.8, 4) is 0 Å². The van der Waals surface area contributed by atoms with Crippen molar-refractivity contribution in [3.05, 3.63) is 18.2 Å². The van der Waals surface area contributed by atoms with Gasteiger partial charge in [-0.1, -0.05) is 0 Å². The first-order valence-corrected chi connectivity index (χ1v) is 9.50. The molecule has 0 saturated carbocycles. The number of carbonyl (C=O) groups excluding carboxylic acids is 5. The normalized spacial score (nSPS) is 21.1. The molecule has 4 N–H and O–H groups in total. The van der Waals surface area contributed by atoms with Crippen LogP contribution in [0.2, 0.25) is 0 Å². The van der Waals surface area contributed by atoms with E-state index in [0.717, 1.165) is 11.3 Å². The van der Waals surface area contributed by atoms with Crippen molar-refractivity contribution in [2.45, 2.75) is 44.2 Å². The van der Waals surface area contributed by atoms with Crippen LogP contribution in [0.15, 0.2) is 12.5 Å². The molecule has 0 unspecified atom stereocenters. The first kappa shape index (κ1) is 20.6. The van der Waals surface area contributed by atoms with Crippen molar-refractivity contribution >= 4 is 29.5 Å². The second kappa shape index (κ2) is 8.95. The van der Waals surface area contributed by atoms with Crippen LogP contribution in [0, 0.1) is 5.92 Å². The summed E-state index contributed by atoms with van der Waals surface area (Å²) in [5, 5.41) is 7.92. The molecule has 2 fully saturated rings. The van der Waals surface area contributed by atoms with Gasteiger partial charge >= 0.3 is 0 Å². The van der Waals surface area contributed by atoms with Crippen LogP contribution in [0.4, 0.5) is 0 Å². The Labute approximate surface area is 167 Å². The minimum Gasteiger partial charge on any atom is -0.348 e. The number of carbonyl (C=O) groups is 5. The maximum Gasteiger partial charge on any atom is 0.249 e. The third-order valence-electron chi connectivity index (χ3n) is 5.20. The molecule has 0 aliphatic carbocycles. The quantitative estimate of drug-likeness (QED) is 0.409. The number of hydrogen-bond donors (Lipinski definition) is 4. The third kappa shape index (κ3) is 5.05. The highest BCUT2D eigenvalue weighted by Gasteiger charge is 2.36. The van der Waals surface area contributed by atoms with Crippen LogP contribution in [0.25, 0.3) is 0 Å². The van der Waals surface area contributed by atoms with E-state index in [-0.39, 0.29) is 19.3 Å². The Kier molecular flexibility index (Phi) is 6.37. The molecule has 11 nitrogen and oxygen atoms in total. The van der Waals surface area contributed by atoms with Crippen molar-refractivity contribution in [3.63, 3.8) is 0 Å². The van der Waals surface area contributed by atoms with Crippen molar-refractivity contribution < 1.29 is 24.0 Å². The van der Waals surface area contributed by atoms with Gasteiger partial charge in [0.2, 0.25) is 29.5 Å². The van der Waals surface area contributed by atoms with Crippen LogP contribution in [0.1, 0.15) is 31.4 Å². The summed E-state index contributed by atoms with van der Waals surface area (Å²) in [4.78, 5) is 69.0. The summed E-state index contributed by atoms with van der Waals surface area (Å²) in [5.74, 6) is -3.42. The molecule has 5 amide bonds. The summed E-state index contributed by atoms with van der Waals surface area (Å²) in [6.07, 6.45) is 4.28. The summed E-state index contributed by atoms with van der Waals surface area (Å²) in [6, 6.07) is -1.50. The molecule has 156 valence electrons. The first-order chi connectivity index (χ1) is 13.8. The summed E-state index contributed by atoms with van der Waals surface area (Å²) in [5.41, 5.74) is 0.590.